The number of aromatic nitrogens is 4. The average molecular weight is 633 g/mol. The lowest BCUT2D eigenvalue weighted by Crippen LogP contribution is -2.30. The van der Waals surface area contributed by atoms with Crippen LogP contribution in [0.15, 0.2) is 50.3 Å². The molecule has 11 heteroatoms. The maximum Gasteiger partial charge on any atom is 0.519 e. The molecule has 1 atom stereocenters. The molecule has 0 unspecified atom stereocenters. The lowest BCUT2D eigenvalue weighted by Gasteiger charge is -2.29. The Kier molecular flexibility index (Phi) is 8.22. The summed E-state index contributed by atoms with van der Waals surface area (Å²) in [6, 6.07) is 7.64. The van der Waals surface area contributed by atoms with Gasteiger partial charge in [-0.15, -0.1) is 0 Å². The highest BCUT2D eigenvalue weighted by Gasteiger charge is 2.36. The van der Waals surface area contributed by atoms with Crippen molar-refractivity contribution < 1.29 is 23.1 Å². The minimum absolute atomic E-state index is 0.146. The fraction of sp³-hybridized carbons (Fsp3) is 0.412. The number of aryl methyl sites for hydroxylation is 4. The third kappa shape index (κ3) is 6.21. The van der Waals surface area contributed by atoms with Crippen LogP contribution in [-0.2, 0) is 47.3 Å². The van der Waals surface area contributed by atoms with Gasteiger partial charge in [0.15, 0.2) is 24.2 Å². The summed E-state index contributed by atoms with van der Waals surface area (Å²) in [5, 5.41) is 6.00. The van der Waals surface area contributed by atoms with E-state index < -0.39 is 23.5 Å². The molecule has 5 aromatic rings. The van der Waals surface area contributed by atoms with Crippen LogP contribution in [0.25, 0.3) is 22.2 Å². The van der Waals surface area contributed by atoms with Crippen molar-refractivity contribution in [3.05, 3.63) is 91.9 Å². The molecule has 1 aromatic carbocycles. The summed E-state index contributed by atoms with van der Waals surface area (Å²) >= 11 is 6.35. The minimum Gasteiger partial charge on any atom is -0.455 e. The zero-order valence-electron chi connectivity index (χ0n) is 26.4. The third-order valence-corrected chi connectivity index (χ3v) is 8.34. The summed E-state index contributed by atoms with van der Waals surface area (Å²) in [7, 11) is 1.91. The first kappa shape index (κ1) is 30.9. The molecule has 0 saturated carbocycles. The van der Waals surface area contributed by atoms with E-state index in [0.717, 1.165) is 53.4 Å². The summed E-state index contributed by atoms with van der Waals surface area (Å²) in [5.74, 6) is -1.08. The molecule has 10 nitrogen and oxygen atoms in total. The lowest BCUT2D eigenvalue weighted by molar-refractivity contribution is -0.169. The van der Waals surface area contributed by atoms with E-state index in [9.17, 15) is 9.59 Å². The van der Waals surface area contributed by atoms with Crippen LogP contribution in [0.2, 0.25) is 5.02 Å². The van der Waals surface area contributed by atoms with E-state index in [1.807, 2.05) is 71.4 Å². The summed E-state index contributed by atoms with van der Waals surface area (Å²) in [5.41, 5.74) is 6.74. The molecular formula is C34H37ClN4O6. The molecule has 1 aliphatic rings. The molecule has 0 spiro atoms. The van der Waals surface area contributed by atoms with E-state index in [1.165, 1.54) is 11.3 Å². The number of benzene rings is 1. The number of nitrogens with zero attached hydrogens (tertiary/aromatic N) is 4. The molecule has 45 heavy (non-hydrogen) atoms. The molecule has 4 heterocycles. The summed E-state index contributed by atoms with van der Waals surface area (Å²) in [6.45, 7) is 9.51. The van der Waals surface area contributed by atoms with E-state index in [-0.39, 0.29) is 18.1 Å². The van der Waals surface area contributed by atoms with E-state index in [4.69, 9.17) is 34.9 Å². The highest BCUT2D eigenvalue weighted by Crippen LogP contribution is 2.44. The van der Waals surface area contributed by atoms with Crippen LogP contribution >= 0.6 is 11.6 Å². The number of carbonyl (C=O) groups excluding carboxylic acids is 1. The summed E-state index contributed by atoms with van der Waals surface area (Å²) < 4.78 is 26.4. The largest absolute Gasteiger partial charge is 0.519 e. The van der Waals surface area contributed by atoms with Gasteiger partial charge < -0.3 is 22.9 Å². The molecule has 236 valence electrons. The first-order valence-electron chi connectivity index (χ1n) is 15.1. The highest BCUT2D eigenvalue weighted by atomic mass is 35.5. The van der Waals surface area contributed by atoms with Crippen molar-refractivity contribution in [2.45, 2.75) is 85.2 Å². The Morgan fingerprint density at radius 2 is 1.84 bits per heavy atom. The van der Waals surface area contributed by atoms with Gasteiger partial charge in [0.05, 0.1) is 18.3 Å². The molecule has 0 saturated heterocycles. The predicted octanol–water partition coefficient (Wildman–Crippen LogP) is 6.78. The molecule has 1 aliphatic carbocycles. The number of halogens is 1. The Labute approximate surface area is 265 Å². The van der Waals surface area contributed by atoms with E-state index in [1.54, 1.807) is 11.6 Å². The topological polar surface area (TPSA) is 115 Å². The van der Waals surface area contributed by atoms with Crippen LogP contribution in [0.1, 0.15) is 79.3 Å². The smallest absolute Gasteiger partial charge is 0.455 e. The first-order chi connectivity index (χ1) is 21.4. The number of esters is 1. The molecule has 0 N–H and O–H groups in total. The molecule has 6 rings (SSSR count). The van der Waals surface area contributed by atoms with Gasteiger partial charge in [-0.25, -0.2) is 14.6 Å². The average Bonchev–Trinajstić information content (AvgIpc) is 3.64. The first-order valence-corrected chi connectivity index (χ1v) is 15.5. The number of carbonyl (C=O) groups is 1. The minimum atomic E-state index is -1.13. The van der Waals surface area contributed by atoms with Gasteiger partial charge >= 0.3 is 11.8 Å². The van der Waals surface area contributed by atoms with Gasteiger partial charge in [0.2, 0.25) is 0 Å². The van der Waals surface area contributed by atoms with Crippen molar-refractivity contribution in [3.63, 3.8) is 0 Å². The Morgan fingerprint density at radius 3 is 2.49 bits per heavy atom. The summed E-state index contributed by atoms with van der Waals surface area (Å²) in [6.07, 6.45) is 6.74. The molecule has 0 radical (unpaired) electrons. The van der Waals surface area contributed by atoms with Gasteiger partial charge in [-0.2, -0.15) is 5.10 Å². The Hall–Kier alpha value is -4.15. The van der Waals surface area contributed by atoms with Crippen LogP contribution in [0.3, 0.4) is 0 Å². The van der Waals surface area contributed by atoms with Crippen molar-refractivity contribution >= 4 is 28.6 Å². The van der Waals surface area contributed by atoms with E-state index >= 15 is 0 Å². The fourth-order valence-corrected chi connectivity index (χ4v) is 6.33. The van der Waals surface area contributed by atoms with Crippen LogP contribution in [0, 0.1) is 13.8 Å². The Morgan fingerprint density at radius 1 is 1.11 bits per heavy atom. The molecule has 0 aliphatic heterocycles. The van der Waals surface area contributed by atoms with Gasteiger partial charge in [0, 0.05) is 51.7 Å². The van der Waals surface area contributed by atoms with Crippen molar-refractivity contribution in [3.8, 4) is 11.1 Å². The number of hydrogen-bond donors (Lipinski definition) is 0. The zero-order valence-corrected chi connectivity index (χ0v) is 27.2. The van der Waals surface area contributed by atoms with Crippen molar-refractivity contribution in [1.29, 1.82) is 0 Å². The monoisotopic (exact) mass is 632 g/mol. The standard InChI is InChI=1S/C34H37ClN4O6/c1-19-27(30(45-34(3,4)5)32(40)42-18-26-20(2)43-33(41)44-26)28(22-11-13-23(35)14-12-22)29-24-9-7-8-10-25(24)39(31(29)37-19)17-21-15-36-38(6)16-21/h11-16,30H,7-10,17-18H2,1-6H3/t30-/m0/s1. The Balaban J connectivity index is 1.58. The molecule has 0 amide bonds. The zero-order chi connectivity index (χ0) is 32.0. The number of rotatable bonds is 8. The van der Waals surface area contributed by atoms with Crippen LogP contribution in [0.5, 0.6) is 0 Å². The van der Waals surface area contributed by atoms with E-state index in [2.05, 4.69) is 9.67 Å². The van der Waals surface area contributed by atoms with Crippen molar-refractivity contribution in [2.24, 2.45) is 7.05 Å². The van der Waals surface area contributed by atoms with Crippen LogP contribution in [0.4, 0.5) is 0 Å². The molecule has 0 fully saturated rings. The normalized spacial score (nSPS) is 14.1. The number of pyridine rings is 1. The summed E-state index contributed by atoms with van der Waals surface area (Å²) in [4.78, 5) is 30.8. The second-order valence-electron chi connectivity index (χ2n) is 12.6. The van der Waals surface area contributed by atoms with Gasteiger partial charge in [-0.05, 0) is 83.6 Å². The fourth-order valence-electron chi connectivity index (χ4n) is 6.21. The predicted molar refractivity (Wildman–Crippen MR) is 169 cm³/mol. The number of ether oxygens (including phenoxy) is 2. The van der Waals surface area contributed by atoms with Gasteiger partial charge in [0.1, 0.15) is 5.65 Å². The second kappa shape index (κ2) is 12.0. The lowest BCUT2D eigenvalue weighted by atomic mass is 9.88. The van der Waals surface area contributed by atoms with E-state index in [0.29, 0.717) is 22.8 Å². The number of fused-ring (bicyclic) bond motifs is 3. The van der Waals surface area contributed by atoms with Crippen molar-refractivity contribution in [1.82, 2.24) is 19.3 Å². The maximum absolute atomic E-state index is 14.0. The van der Waals surface area contributed by atoms with Gasteiger partial charge in [-0.1, -0.05) is 23.7 Å². The van der Waals surface area contributed by atoms with Gasteiger partial charge in [-0.3, -0.25) is 4.68 Å². The molecule has 0 bridgehead atoms. The molecular weight excluding hydrogens is 596 g/mol. The highest BCUT2D eigenvalue weighted by molar-refractivity contribution is 6.30. The Bertz CT molecular complexity index is 1940. The number of hydrogen-bond acceptors (Lipinski definition) is 8. The quantitative estimate of drug-likeness (QED) is 0.172. The second-order valence-corrected chi connectivity index (χ2v) is 13.0. The SMILES string of the molecule is Cc1nc2c(c3c(n2Cc2cnn(C)c2)CCCC3)c(-c2ccc(Cl)cc2)c1[C@H](OC(C)(C)C)C(=O)OCc1oc(=O)oc1C. The maximum atomic E-state index is 14.0. The van der Waals surface area contributed by atoms with Gasteiger partial charge in [0.25, 0.3) is 0 Å². The third-order valence-electron chi connectivity index (χ3n) is 8.09. The van der Waals surface area contributed by atoms with Crippen LogP contribution in [-0.4, -0.2) is 30.9 Å². The van der Waals surface area contributed by atoms with Crippen LogP contribution < -0.4 is 5.82 Å². The molecule has 4 aromatic heterocycles. The van der Waals surface area contributed by atoms with Crippen molar-refractivity contribution in [2.75, 3.05) is 0 Å².